The minimum Gasteiger partial charge on any atom is -0.508 e. The van der Waals surface area contributed by atoms with E-state index >= 15 is 0 Å². The predicted molar refractivity (Wildman–Crippen MR) is 99.5 cm³/mol. The number of hydrogen-bond donors (Lipinski definition) is 1. The third kappa shape index (κ3) is 3.65. The number of halogens is 1. The number of phenolic OH excluding ortho intramolecular Hbond substituents is 1. The molecule has 2 heterocycles. The molecule has 2 saturated heterocycles. The largest absolute Gasteiger partial charge is 0.508 e. The lowest BCUT2D eigenvalue weighted by Crippen LogP contribution is -2.39. The minimum absolute atomic E-state index is 0.0408. The molecule has 0 unspecified atom stereocenters. The Bertz CT molecular complexity index is 886. The van der Waals surface area contributed by atoms with E-state index in [9.17, 15) is 19.1 Å². The zero-order valence-corrected chi connectivity index (χ0v) is 15.3. The first kappa shape index (κ1) is 18.3. The summed E-state index contributed by atoms with van der Waals surface area (Å²) >= 11 is 0. The van der Waals surface area contributed by atoms with Crippen LogP contribution in [0.1, 0.15) is 22.3 Å². The first-order chi connectivity index (χ1) is 13.5. The van der Waals surface area contributed by atoms with E-state index in [4.69, 9.17) is 4.74 Å². The maximum Gasteiger partial charge on any atom is 0.410 e. The van der Waals surface area contributed by atoms with E-state index in [2.05, 4.69) is 0 Å². The van der Waals surface area contributed by atoms with Crippen LogP contribution in [0, 0.1) is 5.82 Å². The molecule has 2 atom stereocenters. The van der Waals surface area contributed by atoms with E-state index in [0.717, 1.165) is 18.4 Å². The predicted octanol–water partition coefficient (Wildman–Crippen LogP) is 2.81. The van der Waals surface area contributed by atoms with Gasteiger partial charge in [0, 0.05) is 18.7 Å². The van der Waals surface area contributed by atoms with Crippen LogP contribution in [0.15, 0.2) is 48.5 Å². The number of rotatable bonds is 5. The molecule has 0 aromatic heterocycles. The fourth-order valence-corrected chi connectivity index (χ4v) is 3.85. The van der Waals surface area contributed by atoms with Gasteiger partial charge in [0.2, 0.25) is 0 Å². The standard InChI is InChI=1S/C21H21FN2O4/c22-16-8-6-14(7-9-16)3-2-10-24-18-12-23(13-19(18)28-21(24)27)20(26)15-4-1-5-17(25)11-15/h1,4-9,11,18-19,25H,2-3,10,12-13H2/t18-,19+/m0/s1. The van der Waals surface area contributed by atoms with Crippen molar-refractivity contribution in [2.24, 2.45) is 0 Å². The molecule has 2 aliphatic rings. The molecule has 1 N–H and O–H groups in total. The smallest absolute Gasteiger partial charge is 0.410 e. The van der Waals surface area contributed by atoms with Crippen molar-refractivity contribution in [2.75, 3.05) is 19.6 Å². The number of fused-ring (bicyclic) bond motifs is 1. The Morgan fingerprint density at radius 3 is 2.71 bits per heavy atom. The lowest BCUT2D eigenvalue weighted by Gasteiger charge is -2.22. The van der Waals surface area contributed by atoms with Gasteiger partial charge in [-0.3, -0.25) is 9.69 Å². The number of nitrogens with zero attached hydrogens (tertiary/aromatic N) is 2. The summed E-state index contributed by atoms with van der Waals surface area (Å²) in [5.41, 5.74) is 1.42. The van der Waals surface area contributed by atoms with Crippen LogP contribution in [-0.4, -0.2) is 58.7 Å². The number of aryl methyl sites for hydroxylation is 1. The second kappa shape index (κ2) is 7.50. The number of carbonyl (C=O) groups is 2. The van der Waals surface area contributed by atoms with Gasteiger partial charge in [-0.1, -0.05) is 18.2 Å². The highest BCUT2D eigenvalue weighted by atomic mass is 19.1. The Morgan fingerprint density at radius 2 is 1.96 bits per heavy atom. The van der Waals surface area contributed by atoms with Crippen LogP contribution in [0.25, 0.3) is 0 Å². The molecule has 0 saturated carbocycles. The van der Waals surface area contributed by atoms with Crippen molar-refractivity contribution in [3.63, 3.8) is 0 Å². The van der Waals surface area contributed by atoms with Crippen molar-refractivity contribution in [3.05, 3.63) is 65.5 Å². The van der Waals surface area contributed by atoms with E-state index in [1.807, 2.05) is 0 Å². The molecule has 6 nitrogen and oxygen atoms in total. The van der Waals surface area contributed by atoms with Crippen molar-refractivity contribution < 1.29 is 23.8 Å². The lowest BCUT2D eigenvalue weighted by atomic mass is 10.1. The van der Waals surface area contributed by atoms with E-state index in [0.29, 0.717) is 25.2 Å². The fourth-order valence-electron chi connectivity index (χ4n) is 3.85. The Kier molecular flexibility index (Phi) is 4.90. The third-order valence-electron chi connectivity index (χ3n) is 5.28. The van der Waals surface area contributed by atoms with E-state index in [-0.39, 0.29) is 35.7 Å². The van der Waals surface area contributed by atoms with Crippen molar-refractivity contribution in [1.29, 1.82) is 0 Å². The zero-order chi connectivity index (χ0) is 19.7. The third-order valence-corrected chi connectivity index (χ3v) is 5.28. The lowest BCUT2D eigenvalue weighted by molar-refractivity contribution is 0.0727. The first-order valence-electron chi connectivity index (χ1n) is 9.31. The van der Waals surface area contributed by atoms with Crippen LogP contribution >= 0.6 is 0 Å². The fraction of sp³-hybridized carbons (Fsp3) is 0.333. The second-order valence-corrected chi connectivity index (χ2v) is 7.17. The molecule has 4 rings (SSSR count). The number of aromatic hydroxyl groups is 1. The van der Waals surface area contributed by atoms with Crippen LogP contribution in [0.3, 0.4) is 0 Å². The van der Waals surface area contributed by atoms with Crippen molar-refractivity contribution >= 4 is 12.0 Å². The molecule has 28 heavy (non-hydrogen) atoms. The molecule has 2 amide bonds. The number of ether oxygens (including phenoxy) is 1. The van der Waals surface area contributed by atoms with Gasteiger partial charge in [-0.05, 0) is 48.7 Å². The quantitative estimate of drug-likeness (QED) is 0.861. The summed E-state index contributed by atoms with van der Waals surface area (Å²) in [6.07, 6.45) is 0.774. The van der Waals surface area contributed by atoms with Gasteiger partial charge in [-0.25, -0.2) is 9.18 Å². The minimum atomic E-state index is -0.349. The summed E-state index contributed by atoms with van der Waals surface area (Å²) in [7, 11) is 0. The van der Waals surface area contributed by atoms with Gasteiger partial charge in [0.15, 0.2) is 0 Å². The van der Waals surface area contributed by atoms with Gasteiger partial charge >= 0.3 is 6.09 Å². The van der Waals surface area contributed by atoms with Crippen LogP contribution < -0.4 is 0 Å². The highest BCUT2D eigenvalue weighted by Gasteiger charge is 2.48. The number of likely N-dealkylation sites (tertiary alicyclic amines) is 1. The summed E-state index contributed by atoms with van der Waals surface area (Å²) in [6, 6.07) is 12.4. The molecule has 146 valence electrons. The molecule has 7 heteroatoms. The second-order valence-electron chi connectivity index (χ2n) is 7.17. The zero-order valence-electron chi connectivity index (χ0n) is 15.3. The summed E-state index contributed by atoms with van der Waals surface area (Å²) in [5, 5.41) is 9.58. The molecule has 0 radical (unpaired) electrons. The molecule has 2 aromatic rings. The van der Waals surface area contributed by atoms with Gasteiger partial charge in [0.1, 0.15) is 17.7 Å². The van der Waals surface area contributed by atoms with Crippen LogP contribution in [-0.2, 0) is 11.2 Å². The number of amides is 2. The average molecular weight is 384 g/mol. The van der Waals surface area contributed by atoms with E-state index < -0.39 is 0 Å². The van der Waals surface area contributed by atoms with E-state index in [1.165, 1.54) is 24.3 Å². The van der Waals surface area contributed by atoms with Crippen molar-refractivity contribution in [1.82, 2.24) is 9.80 Å². The van der Waals surface area contributed by atoms with Crippen LogP contribution in [0.5, 0.6) is 5.75 Å². The summed E-state index contributed by atoms with van der Waals surface area (Å²) in [4.78, 5) is 28.2. The maximum absolute atomic E-state index is 13.0. The number of phenols is 1. The average Bonchev–Trinajstić information content (AvgIpc) is 3.21. The molecule has 2 aromatic carbocycles. The monoisotopic (exact) mass is 384 g/mol. The Hall–Kier alpha value is -3.09. The molecule has 0 bridgehead atoms. The molecule has 0 spiro atoms. The van der Waals surface area contributed by atoms with Gasteiger partial charge < -0.3 is 14.7 Å². The number of hydrogen-bond acceptors (Lipinski definition) is 4. The topological polar surface area (TPSA) is 70.1 Å². The molecule has 2 fully saturated rings. The molecular weight excluding hydrogens is 363 g/mol. The maximum atomic E-state index is 13.0. The molecule has 2 aliphatic heterocycles. The summed E-state index contributed by atoms with van der Waals surface area (Å²) in [6.45, 7) is 1.27. The first-order valence-corrected chi connectivity index (χ1v) is 9.31. The highest BCUT2D eigenvalue weighted by Crippen LogP contribution is 2.28. The number of benzene rings is 2. The van der Waals surface area contributed by atoms with Crippen LogP contribution in [0.2, 0.25) is 0 Å². The van der Waals surface area contributed by atoms with E-state index in [1.54, 1.807) is 34.1 Å². The SMILES string of the molecule is O=C(c1cccc(O)c1)N1C[C@H]2OC(=O)N(CCCc3ccc(F)cc3)[C@H]2C1. The molecule has 0 aliphatic carbocycles. The van der Waals surface area contributed by atoms with Crippen molar-refractivity contribution in [2.45, 2.75) is 25.0 Å². The summed E-state index contributed by atoms with van der Waals surface area (Å²) in [5.74, 6) is -0.413. The van der Waals surface area contributed by atoms with Crippen LogP contribution in [0.4, 0.5) is 9.18 Å². The molecular formula is C21H21FN2O4. The van der Waals surface area contributed by atoms with Gasteiger partial charge in [-0.15, -0.1) is 0 Å². The normalized spacial score (nSPS) is 21.0. The van der Waals surface area contributed by atoms with Gasteiger partial charge in [-0.2, -0.15) is 0 Å². The Balaban J connectivity index is 1.36. The number of carbonyl (C=O) groups excluding carboxylic acids is 2. The van der Waals surface area contributed by atoms with Crippen molar-refractivity contribution in [3.8, 4) is 5.75 Å². The Morgan fingerprint density at radius 1 is 1.18 bits per heavy atom. The highest BCUT2D eigenvalue weighted by molar-refractivity contribution is 5.95. The Labute approximate surface area is 162 Å². The van der Waals surface area contributed by atoms with Gasteiger partial charge in [0.05, 0.1) is 12.6 Å². The summed E-state index contributed by atoms with van der Waals surface area (Å²) < 4.78 is 18.4. The van der Waals surface area contributed by atoms with Gasteiger partial charge in [0.25, 0.3) is 5.91 Å².